The molecule has 0 spiro atoms. The van der Waals surface area contributed by atoms with Gasteiger partial charge in [-0.05, 0) is 50.5 Å². The Bertz CT molecular complexity index is 956. The fraction of sp³-hybridized carbons (Fsp3) is 0.316. The quantitative estimate of drug-likeness (QED) is 0.693. The summed E-state index contributed by atoms with van der Waals surface area (Å²) in [5.74, 6) is 0.751. The van der Waals surface area contributed by atoms with Gasteiger partial charge in [-0.15, -0.1) is 0 Å². The number of rotatable bonds is 2. The highest BCUT2D eigenvalue weighted by Gasteiger charge is 2.30. The third-order valence-electron chi connectivity index (χ3n) is 4.71. The third-order valence-corrected chi connectivity index (χ3v) is 5.02. The number of benzene rings is 1. The second-order valence-corrected chi connectivity index (χ2v) is 6.90. The van der Waals surface area contributed by atoms with Crippen LogP contribution in [0.5, 0.6) is 0 Å². The Morgan fingerprint density at radius 2 is 2.23 bits per heavy atom. The van der Waals surface area contributed by atoms with E-state index in [4.69, 9.17) is 16.1 Å². The molecule has 1 N–H and O–H groups in total. The number of halogens is 1. The number of aromatic nitrogens is 2. The Kier molecular flexibility index (Phi) is 4.51. The number of fused-ring (bicyclic) bond motifs is 1. The van der Waals surface area contributed by atoms with Gasteiger partial charge >= 0.3 is 6.03 Å². The van der Waals surface area contributed by atoms with Gasteiger partial charge in [0.2, 0.25) is 0 Å². The molecule has 0 bridgehead atoms. The molecule has 2 aromatic heterocycles. The Hall–Kier alpha value is -2.60. The van der Waals surface area contributed by atoms with E-state index in [1.165, 1.54) is 0 Å². The van der Waals surface area contributed by atoms with Gasteiger partial charge in [-0.2, -0.15) is 0 Å². The summed E-state index contributed by atoms with van der Waals surface area (Å²) in [6.45, 7) is 2.54. The van der Waals surface area contributed by atoms with E-state index in [1.54, 1.807) is 12.3 Å². The number of nitrogens with zero attached hydrogens (tertiary/aromatic N) is 3. The molecule has 7 heteroatoms. The van der Waals surface area contributed by atoms with Crippen molar-refractivity contribution in [2.45, 2.75) is 32.2 Å². The van der Waals surface area contributed by atoms with Crippen LogP contribution in [0.25, 0.3) is 10.9 Å². The van der Waals surface area contributed by atoms with Crippen molar-refractivity contribution in [1.82, 2.24) is 15.0 Å². The molecule has 2 amide bonds. The van der Waals surface area contributed by atoms with Crippen LogP contribution in [-0.2, 0) is 0 Å². The minimum atomic E-state index is -0.150. The highest BCUT2D eigenvalue weighted by molar-refractivity contribution is 6.35. The van der Waals surface area contributed by atoms with Crippen molar-refractivity contribution < 1.29 is 9.32 Å². The van der Waals surface area contributed by atoms with Crippen molar-refractivity contribution in [1.29, 1.82) is 0 Å². The van der Waals surface area contributed by atoms with E-state index >= 15 is 0 Å². The van der Waals surface area contributed by atoms with E-state index in [1.807, 2.05) is 36.1 Å². The zero-order chi connectivity index (χ0) is 18.1. The van der Waals surface area contributed by atoms with E-state index in [9.17, 15) is 4.79 Å². The van der Waals surface area contributed by atoms with Gasteiger partial charge in [-0.3, -0.25) is 4.98 Å². The molecular formula is C19H19ClN4O2. The van der Waals surface area contributed by atoms with E-state index in [-0.39, 0.29) is 12.1 Å². The standard InChI is InChI=1S/C19H19ClN4O2/c1-12-11-16(23-26-12)17-6-2-3-10-24(17)19(25)22-15-8-7-14(20)18-13(15)5-4-9-21-18/h4-5,7-9,11,17H,2-3,6,10H2,1H3,(H,22,25)/t17-/m0/s1. The predicted molar refractivity (Wildman–Crippen MR) is 100 cm³/mol. The maximum absolute atomic E-state index is 13.0. The van der Waals surface area contributed by atoms with Crippen molar-refractivity contribution in [3.8, 4) is 0 Å². The molecule has 1 saturated heterocycles. The largest absolute Gasteiger partial charge is 0.361 e. The predicted octanol–water partition coefficient (Wildman–Crippen LogP) is 4.94. The van der Waals surface area contributed by atoms with Gasteiger partial charge in [0.05, 0.1) is 22.3 Å². The number of carbonyl (C=O) groups is 1. The Morgan fingerprint density at radius 1 is 1.35 bits per heavy atom. The van der Waals surface area contributed by atoms with Gasteiger partial charge in [0.25, 0.3) is 0 Å². The molecule has 0 aliphatic carbocycles. The van der Waals surface area contributed by atoms with Gasteiger partial charge < -0.3 is 14.7 Å². The first kappa shape index (κ1) is 16.8. The summed E-state index contributed by atoms with van der Waals surface area (Å²) in [6, 6.07) is 8.97. The van der Waals surface area contributed by atoms with Crippen LogP contribution < -0.4 is 5.32 Å². The monoisotopic (exact) mass is 370 g/mol. The summed E-state index contributed by atoms with van der Waals surface area (Å²) in [6.07, 6.45) is 4.60. The first-order valence-electron chi connectivity index (χ1n) is 8.67. The van der Waals surface area contributed by atoms with Crippen molar-refractivity contribution >= 4 is 34.2 Å². The molecule has 3 heterocycles. The van der Waals surface area contributed by atoms with Crippen LogP contribution in [0.2, 0.25) is 5.02 Å². The van der Waals surface area contributed by atoms with Gasteiger partial charge in [0.15, 0.2) is 0 Å². The maximum Gasteiger partial charge on any atom is 0.322 e. The number of anilines is 1. The molecule has 1 aromatic carbocycles. The summed E-state index contributed by atoms with van der Waals surface area (Å²) in [7, 11) is 0. The molecule has 0 radical (unpaired) electrons. The molecule has 0 saturated carbocycles. The fourth-order valence-electron chi connectivity index (χ4n) is 3.46. The van der Waals surface area contributed by atoms with E-state index in [0.717, 1.165) is 36.1 Å². The molecule has 0 unspecified atom stereocenters. The number of piperidine rings is 1. The minimum absolute atomic E-state index is 0.0714. The number of nitrogens with one attached hydrogen (secondary N) is 1. The number of carbonyl (C=O) groups excluding carboxylic acids is 1. The molecule has 1 aliphatic heterocycles. The smallest absolute Gasteiger partial charge is 0.322 e. The van der Waals surface area contributed by atoms with Crippen LogP contribution in [0, 0.1) is 6.92 Å². The molecular weight excluding hydrogens is 352 g/mol. The molecule has 1 aliphatic rings. The number of urea groups is 1. The lowest BCUT2D eigenvalue weighted by Crippen LogP contribution is -2.41. The van der Waals surface area contributed by atoms with Crippen LogP contribution in [0.4, 0.5) is 10.5 Å². The van der Waals surface area contributed by atoms with Gasteiger partial charge in [0.1, 0.15) is 11.5 Å². The summed E-state index contributed by atoms with van der Waals surface area (Å²) < 4.78 is 5.20. The minimum Gasteiger partial charge on any atom is -0.361 e. The van der Waals surface area contributed by atoms with Crippen LogP contribution in [-0.4, -0.2) is 27.6 Å². The highest BCUT2D eigenvalue weighted by Crippen LogP contribution is 2.32. The van der Waals surface area contributed by atoms with Gasteiger partial charge in [-0.1, -0.05) is 16.8 Å². The zero-order valence-electron chi connectivity index (χ0n) is 14.4. The molecule has 6 nitrogen and oxygen atoms in total. The zero-order valence-corrected chi connectivity index (χ0v) is 15.2. The van der Waals surface area contributed by atoms with Crippen molar-refractivity contribution in [2.75, 3.05) is 11.9 Å². The number of aryl methyl sites for hydroxylation is 1. The summed E-state index contributed by atoms with van der Waals surface area (Å²) in [4.78, 5) is 19.1. The molecule has 3 aromatic rings. The van der Waals surface area contributed by atoms with Crippen LogP contribution in [0.3, 0.4) is 0 Å². The summed E-state index contributed by atoms with van der Waals surface area (Å²) in [5.41, 5.74) is 2.18. The topological polar surface area (TPSA) is 71.3 Å². The number of likely N-dealkylation sites (tertiary alicyclic amines) is 1. The molecule has 134 valence electrons. The highest BCUT2D eigenvalue weighted by atomic mass is 35.5. The van der Waals surface area contributed by atoms with Gasteiger partial charge in [0, 0.05) is 24.2 Å². The first-order valence-corrected chi connectivity index (χ1v) is 9.05. The van der Waals surface area contributed by atoms with Crippen molar-refractivity contribution in [3.63, 3.8) is 0 Å². The third kappa shape index (κ3) is 3.12. The fourth-order valence-corrected chi connectivity index (χ4v) is 3.67. The number of amides is 2. The normalized spacial score (nSPS) is 17.5. The van der Waals surface area contributed by atoms with Crippen molar-refractivity contribution in [2.24, 2.45) is 0 Å². The Balaban J connectivity index is 1.62. The number of hydrogen-bond acceptors (Lipinski definition) is 4. The van der Waals surface area contributed by atoms with Gasteiger partial charge in [-0.25, -0.2) is 4.79 Å². The number of hydrogen-bond donors (Lipinski definition) is 1. The van der Waals surface area contributed by atoms with Crippen LogP contribution in [0.1, 0.15) is 36.8 Å². The average Bonchev–Trinajstić information content (AvgIpc) is 3.10. The van der Waals surface area contributed by atoms with E-state index < -0.39 is 0 Å². The Labute approximate surface area is 156 Å². The SMILES string of the molecule is Cc1cc([C@@H]2CCCCN2C(=O)Nc2ccc(Cl)c3ncccc23)no1. The van der Waals surface area contributed by atoms with E-state index in [0.29, 0.717) is 22.8 Å². The van der Waals surface area contributed by atoms with E-state index in [2.05, 4.69) is 15.5 Å². The lowest BCUT2D eigenvalue weighted by atomic mass is 9.99. The summed E-state index contributed by atoms with van der Waals surface area (Å²) >= 11 is 6.22. The van der Waals surface area contributed by atoms with Crippen LogP contribution >= 0.6 is 11.6 Å². The Morgan fingerprint density at radius 3 is 3.04 bits per heavy atom. The molecule has 1 atom stereocenters. The number of pyridine rings is 1. The first-order chi connectivity index (χ1) is 12.6. The average molecular weight is 371 g/mol. The molecule has 4 rings (SSSR count). The molecule has 26 heavy (non-hydrogen) atoms. The second kappa shape index (κ2) is 6.96. The molecule has 1 fully saturated rings. The maximum atomic E-state index is 13.0. The van der Waals surface area contributed by atoms with Crippen molar-refractivity contribution in [3.05, 3.63) is 53.0 Å². The second-order valence-electron chi connectivity index (χ2n) is 6.49. The lowest BCUT2D eigenvalue weighted by Gasteiger charge is -2.34. The summed E-state index contributed by atoms with van der Waals surface area (Å²) in [5, 5.41) is 8.52. The van der Waals surface area contributed by atoms with Crippen LogP contribution in [0.15, 0.2) is 41.1 Å². The lowest BCUT2D eigenvalue weighted by molar-refractivity contribution is 0.159.